The van der Waals surface area contributed by atoms with Crippen LogP contribution in [0.2, 0.25) is 23.2 Å². The lowest BCUT2D eigenvalue weighted by Gasteiger charge is -2.38. The van der Waals surface area contributed by atoms with E-state index < -0.39 is 26.6 Å². The van der Waals surface area contributed by atoms with Crippen molar-refractivity contribution in [2.24, 2.45) is 0 Å². The standard InChI is InChI=1S/C25H39BClN3O4Si/c1-16(14-32-35(9,10)23(2,3)4)30-11-12-31-21-19-18(28-15-29-22(19)30)13-17(20(21)27)26-33-24(5,6)25(7,8)34-26/h13,15-16H,11-12,14H2,1-10H3. The van der Waals surface area contributed by atoms with Crippen LogP contribution in [0.1, 0.15) is 55.4 Å². The molecule has 35 heavy (non-hydrogen) atoms. The molecule has 192 valence electrons. The minimum absolute atomic E-state index is 0.110. The van der Waals surface area contributed by atoms with E-state index in [1.54, 1.807) is 6.33 Å². The zero-order valence-electron chi connectivity index (χ0n) is 22.8. The van der Waals surface area contributed by atoms with Gasteiger partial charge in [-0.25, -0.2) is 9.97 Å². The Bertz CT molecular complexity index is 1110. The Hall–Kier alpha value is -1.39. The summed E-state index contributed by atoms with van der Waals surface area (Å²) in [5.41, 5.74) is 0.528. The fourth-order valence-electron chi connectivity index (χ4n) is 4.08. The van der Waals surface area contributed by atoms with E-state index in [1.807, 2.05) is 33.8 Å². The van der Waals surface area contributed by atoms with Crippen molar-refractivity contribution in [3.8, 4) is 5.75 Å². The average molecular weight is 520 g/mol. The maximum atomic E-state index is 6.95. The van der Waals surface area contributed by atoms with Crippen LogP contribution in [-0.4, -0.2) is 62.4 Å². The van der Waals surface area contributed by atoms with Gasteiger partial charge in [-0.1, -0.05) is 32.4 Å². The van der Waals surface area contributed by atoms with Crippen LogP contribution < -0.4 is 15.1 Å². The molecular weight excluding hydrogens is 481 g/mol. The van der Waals surface area contributed by atoms with Crippen molar-refractivity contribution in [2.45, 2.75) is 90.8 Å². The summed E-state index contributed by atoms with van der Waals surface area (Å²) in [4.78, 5) is 11.5. The molecule has 0 N–H and O–H groups in total. The molecular formula is C25H39BClN3O4Si. The number of hydrogen-bond donors (Lipinski definition) is 0. The molecule has 7 nitrogen and oxygen atoms in total. The predicted molar refractivity (Wildman–Crippen MR) is 146 cm³/mol. The van der Waals surface area contributed by atoms with E-state index in [9.17, 15) is 0 Å². The molecule has 1 aromatic carbocycles. The monoisotopic (exact) mass is 519 g/mol. The van der Waals surface area contributed by atoms with Crippen molar-refractivity contribution in [1.29, 1.82) is 0 Å². The van der Waals surface area contributed by atoms with Crippen LogP contribution in [0.25, 0.3) is 10.9 Å². The largest absolute Gasteiger partial charge is 0.496 e. The summed E-state index contributed by atoms with van der Waals surface area (Å²) in [6, 6.07) is 2.05. The number of nitrogens with zero attached hydrogens (tertiary/aromatic N) is 3. The first kappa shape index (κ1) is 26.7. The number of anilines is 1. The van der Waals surface area contributed by atoms with Crippen LogP contribution in [0.15, 0.2) is 12.4 Å². The number of benzene rings is 1. The molecule has 1 atom stereocenters. The molecule has 2 aliphatic heterocycles. The third-order valence-electron chi connectivity index (χ3n) is 8.21. The Balaban J connectivity index is 1.70. The van der Waals surface area contributed by atoms with Gasteiger partial charge in [-0.3, -0.25) is 0 Å². The molecule has 0 saturated carbocycles. The first-order valence-corrected chi connectivity index (χ1v) is 15.7. The Labute approximate surface area is 216 Å². The zero-order chi connectivity index (χ0) is 26.0. The summed E-state index contributed by atoms with van der Waals surface area (Å²) in [5.74, 6) is 1.40. The summed E-state index contributed by atoms with van der Waals surface area (Å²) >= 11 is 6.95. The van der Waals surface area contributed by atoms with Gasteiger partial charge < -0.3 is 23.4 Å². The molecule has 4 rings (SSSR count). The molecule has 0 amide bonds. The van der Waals surface area contributed by atoms with E-state index >= 15 is 0 Å². The van der Waals surface area contributed by atoms with Crippen molar-refractivity contribution >= 4 is 49.2 Å². The van der Waals surface area contributed by atoms with Gasteiger partial charge in [-0.05, 0) is 58.8 Å². The zero-order valence-corrected chi connectivity index (χ0v) is 24.5. The topological polar surface area (TPSA) is 65.9 Å². The lowest BCUT2D eigenvalue weighted by Crippen LogP contribution is -2.46. The summed E-state index contributed by atoms with van der Waals surface area (Å²) in [6.45, 7) is 23.4. The highest BCUT2D eigenvalue weighted by atomic mass is 35.5. The minimum atomic E-state index is -1.87. The lowest BCUT2D eigenvalue weighted by molar-refractivity contribution is 0.00578. The van der Waals surface area contributed by atoms with Crippen molar-refractivity contribution < 1.29 is 18.5 Å². The Morgan fingerprint density at radius 2 is 1.80 bits per heavy atom. The van der Waals surface area contributed by atoms with Gasteiger partial charge in [0.05, 0.1) is 40.3 Å². The van der Waals surface area contributed by atoms with Crippen LogP contribution in [-0.2, 0) is 13.7 Å². The van der Waals surface area contributed by atoms with Gasteiger partial charge in [-0.2, -0.15) is 0 Å². The van der Waals surface area contributed by atoms with Crippen molar-refractivity contribution in [2.75, 3.05) is 24.7 Å². The molecule has 2 aromatic rings. The van der Waals surface area contributed by atoms with Gasteiger partial charge in [0, 0.05) is 11.5 Å². The van der Waals surface area contributed by atoms with E-state index in [4.69, 9.17) is 30.1 Å². The quantitative estimate of drug-likeness (QED) is 0.503. The maximum Gasteiger partial charge on any atom is 0.496 e. The molecule has 10 heteroatoms. The Kier molecular flexibility index (Phi) is 6.76. The average Bonchev–Trinajstić information content (AvgIpc) is 2.87. The highest BCUT2D eigenvalue weighted by Gasteiger charge is 2.52. The molecule has 0 aliphatic carbocycles. The molecule has 0 bridgehead atoms. The van der Waals surface area contributed by atoms with Crippen molar-refractivity contribution in [3.63, 3.8) is 0 Å². The Morgan fingerprint density at radius 3 is 2.40 bits per heavy atom. The second-order valence-electron chi connectivity index (χ2n) is 12.3. The van der Waals surface area contributed by atoms with E-state index in [0.717, 1.165) is 22.2 Å². The molecule has 2 aliphatic rings. The van der Waals surface area contributed by atoms with Gasteiger partial charge in [0.25, 0.3) is 0 Å². The van der Waals surface area contributed by atoms with Gasteiger partial charge in [0.2, 0.25) is 0 Å². The predicted octanol–water partition coefficient (Wildman–Crippen LogP) is 5.19. The molecule has 1 fully saturated rings. The fraction of sp³-hybridized carbons (Fsp3) is 0.680. The highest BCUT2D eigenvalue weighted by molar-refractivity contribution is 6.74. The third kappa shape index (κ3) is 4.70. The van der Waals surface area contributed by atoms with Gasteiger partial charge in [-0.15, -0.1) is 0 Å². The summed E-state index contributed by atoms with van der Waals surface area (Å²) in [7, 11) is -2.48. The highest BCUT2D eigenvalue weighted by Crippen LogP contribution is 2.42. The molecule has 0 radical (unpaired) electrons. The van der Waals surface area contributed by atoms with Crippen molar-refractivity contribution in [3.05, 3.63) is 17.4 Å². The van der Waals surface area contributed by atoms with Crippen LogP contribution in [0.4, 0.5) is 5.82 Å². The second-order valence-corrected chi connectivity index (χ2v) is 17.4. The van der Waals surface area contributed by atoms with Crippen LogP contribution in [0.5, 0.6) is 5.75 Å². The first-order chi connectivity index (χ1) is 16.1. The normalized spacial score (nSPS) is 20.7. The number of hydrogen-bond acceptors (Lipinski definition) is 7. The fourth-order valence-corrected chi connectivity index (χ4v) is 5.46. The molecule has 0 spiro atoms. The molecule has 1 aromatic heterocycles. The molecule has 1 saturated heterocycles. The van der Waals surface area contributed by atoms with Gasteiger partial charge in [0.1, 0.15) is 18.8 Å². The van der Waals surface area contributed by atoms with E-state index in [0.29, 0.717) is 30.5 Å². The maximum absolute atomic E-state index is 6.95. The number of halogens is 1. The van der Waals surface area contributed by atoms with E-state index in [1.165, 1.54) is 0 Å². The SMILES string of the molecule is CC(CO[Si](C)(C)C(C)(C)C)N1CCOc2c(Cl)c(B3OC(C)(C)C(C)(C)O3)cc3ncnc1c23. The molecule has 3 heterocycles. The van der Waals surface area contributed by atoms with Crippen molar-refractivity contribution in [1.82, 2.24) is 9.97 Å². The third-order valence-corrected chi connectivity index (χ3v) is 13.1. The van der Waals surface area contributed by atoms with Gasteiger partial charge in [0.15, 0.2) is 14.1 Å². The Morgan fingerprint density at radius 1 is 1.17 bits per heavy atom. The lowest BCUT2D eigenvalue weighted by atomic mass is 9.78. The minimum Gasteiger partial charge on any atom is -0.489 e. The molecule has 1 unspecified atom stereocenters. The first-order valence-electron chi connectivity index (χ1n) is 12.4. The van der Waals surface area contributed by atoms with Crippen LogP contribution in [0, 0.1) is 0 Å². The summed E-state index contributed by atoms with van der Waals surface area (Å²) in [6.07, 6.45) is 1.60. The van der Waals surface area contributed by atoms with Crippen LogP contribution in [0.3, 0.4) is 0 Å². The number of ether oxygens (including phenoxy) is 1. The summed E-state index contributed by atoms with van der Waals surface area (Å²) in [5, 5.41) is 1.45. The van der Waals surface area contributed by atoms with E-state index in [2.05, 4.69) is 55.7 Å². The van der Waals surface area contributed by atoms with Gasteiger partial charge >= 0.3 is 7.12 Å². The number of aromatic nitrogens is 2. The number of rotatable bonds is 5. The second kappa shape index (κ2) is 8.87. The van der Waals surface area contributed by atoms with Crippen LogP contribution >= 0.6 is 11.6 Å². The summed E-state index contributed by atoms with van der Waals surface area (Å²) < 4.78 is 25.3. The van der Waals surface area contributed by atoms with E-state index in [-0.39, 0.29) is 11.1 Å². The smallest absolute Gasteiger partial charge is 0.489 e.